The number of rotatable bonds is 25. The molecule has 1 aromatic rings. The Morgan fingerprint density at radius 3 is 1.57 bits per heavy atom. The van der Waals surface area contributed by atoms with Gasteiger partial charge in [0, 0.05) is 11.6 Å². The highest BCUT2D eigenvalue weighted by Crippen LogP contribution is 2.25. The number of hydrogen-bond donors (Lipinski definition) is 0. The molecule has 0 heterocycles. The predicted molar refractivity (Wildman–Crippen MR) is 169 cm³/mol. The van der Waals surface area contributed by atoms with Gasteiger partial charge < -0.3 is 23.9 Å². The Bertz CT molecular complexity index is 719. The average Bonchev–Trinajstić information content (AvgIpc) is 2.94. The number of hydrogen-bond acceptors (Lipinski definition) is 4. The molecule has 0 spiro atoms. The number of ether oxygens (including phenoxy) is 2. The minimum absolute atomic E-state index is 0.0822. The summed E-state index contributed by atoms with van der Waals surface area (Å²) < 4.78 is 12.5. The van der Waals surface area contributed by atoms with Gasteiger partial charge in [0.1, 0.15) is 11.5 Å². The van der Waals surface area contributed by atoms with Gasteiger partial charge in [0.15, 0.2) is 0 Å². The van der Waals surface area contributed by atoms with E-state index in [-0.39, 0.29) is 5.56 Å². The summed E-state index contributed by atoms with van der Waals surface area (Å²) in [7, 11) is 4.68. The third kappa shape index (κ3) is 22.0. The van der Waals surface area contributed by atoms with Gasteiger partial charge in [-0.25, -0.2) is 0 Å². The Kier molecular flexibility index (Phi) is 25.0. The van der Waals surface area contributed by atoms with Crippen molar-refractivity contribution in [1.29, 1.82) is 0 Å². The summed E-state index contributed by atoms with van der Waals surface area (Å²) in [6.07, 6.45) is 23.3. The summed E-state index contributed by atoms with van der Waals surface area (Å²) in [6.45, 7) is 12.7. The maximum atomic E-state index is 11.2. The molecule has 0 fully saturated rings. The second-order valence-corrected chi connectivity index (χ2v) is 11.9. The van der Waals surface area contributed by atoms with Crippen molar-refractivity contribution in [3.63, 3.8) is 0 Å². The van der Waals surface area contributed by atoms with Crippen molar-refractivity contribution in [1.82, 2.24) is 0 Å². The molecule has 0 aliphatic heterocycles. The third-order valence-corrected chi connectivity index (χ3v) is 7.67. The zero-order valence-electron chi connectivity index (χ0n) is 27.4. The number of carboxylic acids is 1. The van der Waals surface area contributed by atoms with Crippen molar-refractivity contribution in [3.05, 3.63) is 23.8 Å². The van der Waals surface area contributed by atoms with Gasteiger partial charge in [0.05, 0.1) is 46.4 Å². The van der Waals surface area contributed by atoms with Crippen LogP contribution in [0.25, 0.3) is 0 Å². The number of carbonyl (C=O) groups excluding carboxylic acids is 1. The maximum absolute atomic E-state index is 11.2. The van der Waals surface area contributed by atoms with Gasteiger partial charge in [-0.2, -0.15) is 0 Å². The summed E-state index contributed by atoms with van der Waals surface area (Å²) in [5.74, 6) is -0.231. The fourth-order valence-electron chi connectivity index (χ4n) is 4.50. The van der Waals surface area contributed by atoms with E-state index in [4.69, 9.17) is 9.47 Å². The van der Waals surface area contributed by atoms with E-state index in [1.807, 2.05) is 0 Å². The number of benzene rings is 1. The number of carboxylic acid groups (broad SMARTS) is 1. The molecular weight excluding hydrogens is 498 g/mol. The summed E-state index contributed by atoms with van der Waals surface area (Å²) in [5.41, 5.74) is 0.0822. The predicted octanol–water partition coefficient (Wildman–Crippen LogP) is 8.97. The lowest BCUT2D eigenvalue weighted by Gasteiger charge is -2.28. The van der Waals surface area contributed by atoms with E-state index < -0.39 is 5.97 Å². The Morgan fingerprint density at radius 2 is 1.10 bits per heavy atom. The highest BCUT2D eigenvalue weighted by Gasteiger charge is 2.10. The molecule has 40 heavy (non-hydrogen) atoms. The molecule has 0 saturated heterocycles. The zero-order valence-corrected chi connectivity index (χ0v) is 27.4. The summed E-state index contributed by atoms with van der Waals surface area (Å²) in [5, 5.41) is 11.2. The van der Waals surface area contributed by atoms with Crippen LogP contribution in [0.4, 0.5) is 0 Å². The molecule has 0 saturated carbocycles. The van der Waals surface area contributed by atoms with Gasteiger partial charge in [-0.15, -0.1) is 0 Å². The van der Waals surface area contributed by atoms with Crippen molar-refractivity contribution in [3.8, 4) is 11.5 Å². The quantitative estimate of drug-likeness (QED) is 0.0880. The fraction of sp³-hybridized carbons (Fsp3) is 0.800. The highest BCUT2D eigenvalue weighted by molar-refractivity contribution is 5.89. The number of unbranched alkanes of at least 4 members (excludes halogenated alkanes) is 15. The second-order valence-electron chi connectivity index (χ2n) is 11.9. The molecule has 0 aromatic heterocycles. The van der Waals surface area contributed by atoms with Crippen molar-refractivity contribution in [2.45, 2.75) is 143 Å². The molecule has 0 unspecified atom stereocenters. The Labute approximate surface area is 248 Å². The summed E-state index contributed by atoms with van der Waals surface area (Å²) in [4.78, 5) is 11.2. The maximum Gasteiger partial charge on any atom is 0.132 e. The van der Waals surface area contributed by atoms with Crippen molar-refractivity contribution in [2.75, 3.05) is 40.4 Å². The molecular formula is C35H65NO4. The zero-order chi connectivity index (χ0) is 29.9. The van der Waals surface area contributed by atoms with Crippen LogP contribution in [0.2, 0.25) is 0 Å². The topological polar surface area (TPSA) is 58.6 Å². The molecule has 1 aromatic carbocycles. The molecule has 1 rings (SSSR count). The largest absolute Gasteiger partial charge is 0.545 e. The van der Waals surface area contributed by atoms with E-state index in [1.54, 1.807) is 12.1 Å². The van der Waals surface area contributed by atoms with Crippen molar-refractivity contribution in [2.24, 2.45) is 0 Å². The van der Waals surface area contributed by atoms with Crippen LogP contribution < -0.4 is 14.6 Å². The van der Waals surface area contributed by atoms with Crippen LogP contribution >= 0.6 is 0 Å². The number of carbonyl (C=O) groups is 1. The van der Waals surface area contributed by atoms with Gasteiger partial charge in [-0.3, -0.25) is 0 Å². The van der Waals surface area contributed by atoms with Crippen molar-refractivity contribution >= 4 is 5.97 Å². The van der Waals surface area contributed by atoms with Gasteiger partial charge in [0.25, 0.3) is 0 Å². The molecule has 0 aliphatic carbocycles. The van der Waals surface area contributed by atoms with Crippen molar-refractivity contribution < 1.29 is 23.9 Å². The number of aromatic carboxylic acids is 1. The second kappa shape index (κ2) is 26.2. The van der Waals surface area contributed by atoms with E-state index in [1.165, 1.54) is 101 Å². The first-order valence-electron chi connectivity index (χ1n) is 16.7. The van der Waals surface area contributed by atoms with Gasteiger partial charge >= 0.3 is 0 Å². The molecule has 0 atom stereocenters. The minimum atomic E-state index is -1.22. The van der Waals surface area contributed by atoms with E-state index in [0.717, 1.165) is 38.5 Å². The fourth-order valence-corrected chi connectivity index (χ4v) is 4.50. The van der Waals surface area contributed by atoms with Gasteiger partial charge in [-0.1, -0.05) is 111 Å². The molecule has 0 aliphatic rings. The number of nitrogens with zero attached hydrogens (tertiary/aromatic N) is 1. The Morgan fingerprint density at radius 1 is 0.650 bits per heavy atom. The molecule has 5 nitrogen and oxygen atoms in total. The van der Waals surface area contributed by atoms with E-state index in [9.17, 15) is 9.90 Å². The molecule has 234 valence electrons. The summed E-state index contributed by atoms with van der Waals surface area (Å²) in [6, 6.07) is 4.82. The van der Waals surface area contributed by atoms with Crippen LogP contribution in [0.5, 0.6) is 11.5 Å². The molecule has 0 N–H and O–H groups in total. The SMILES string of the molecule is CCCCCCCCCCCC[N+](C)(C)CC.CCCCCCOc1ccc(C(=O)[O-])c(OCCCCCC)c1. The monoisotopic (exact) mass is 563 g/mol. The lowest BCUT2D eigenvalue weighted by atomic mass is 10.1. The van der Waals surface area contributed by atoms with E-state index in [0.29, 0.717) is 24.7 Å². The summed E-state index contributed by atoms with van der Waals surface area (Å²) >= 11 is 0. The molecule has 0 bridgehead atoms. The smallest absolute Gasteiger partial charge is 0.132 e. The van der Waals surface area contributed by atoms with Crippen LogP contribution in [0, 0.1) is 0 Å². The molecule has 5 heteroatoms. The van der Waals surface area contributed by atoms with Crippen LogP contribution in [0.15, 0.2) is 18.2 Å². The van der Waals surface area contributed by atoms with E-state index >= 15 is 0 Å². The standard InChI is InChI=1S/C19H30O4.C16H36N/c1-3-5-7-9-13-22-16-11-12-17(19(20)21)18(15-16)23-14-10-8-6-4-2;1-5-7-8-9-10-11-12-13-14-15-16-17(3,4)6-2/h11-12,15H,3-10,13-14H2,1-2H3,(H,20,21);5-16H2,1-4H3/q;+1/p-1. The normalized spacial score (nSPS) is 11.2. The van der Waals surface area contributed by atoms with Gasteiger partial charge in [-0.05, 0) is 44.7 Å². The van der Waals surface area contributed by atoms with Crippen LogP contribution in [-0.2, 0) is 0 Å². The first kappa shape index (κ1) is 38.2. The third-order valence-electron chi connectivity index (χ3n) is 7.67. The van der Waals surface area contributed by atoms with Gasteiger partial charge in [0.2, 0.25) is 0 Å². The highest BCUT2D eigenvalue weighted by atomic mass is 16.5. The average molecular weight is 564 g/mol. The lowest BCUT2D eigenvalue weighted by Crippen LogP contribution is -2.39. The van der Waals surface area contributed by atoms with E-state index in [2.05, 4.69) is 41.8 Å². The van der Waals surface area contributed by atoms with Crippen LogP contribution in [-0.4, -0.2) is 50.9 Å². The van der Waals surface area contributed by atoms with Crippen LogP contribution in [0.1, 0.15) is 154 Å². The minimum Gasteiger partial charge on any atom is -0.545 e. The lowest BCUT2D eigenvalue weighted by molar-refractivity contribution is -0.888. The molecule has 0 radical (unpaired) electrons. The van der Waals surface area contributed by atoms with Crippen LogP contribution in [0.3, 0.4) is 0 Å². The Hall–Kier alpha value is -1.75. The first-order valence-corrected chi connectivity index (χ1v) is 16.7. The Balaban J connectivity index is 0.000000799. The number of quaternary nitrogens is 1. The molecule has 0 amide bonds. The first-order chi connectivity index (χ1) is 19.3.